The predicted molar refractivity (Wildman–Crippen MR) is 128 cm³/mol. The average Bonchev–Trinajstić information content (AvgIpc) is 3.01. The van der Waals surface area contributed by atoms with E-state index in [1.807, 2.05) is 26.8 Å². The number of anilines is 2. The Labute approximate surface area is 192 Å². The first-order chi connectivity index (χ1) is 15.9. The summed E-state index contributed by atoms with van der Waals surface area (Å²) in [6.45, 7) is 6.44. The third-order valence-electron chi connectivity index (χ3n) is 5.26. The summed E-state index contributed by atoms with van der Waals surface area (Å²) in [5, 5.41) is 2.98. The number of amides is 2. The zero-order chi connectivity index (χ0) is 23.5. The van der Waals surface area contributed by atoms with Gasteiger partial charge in [0.25, 0.3) is 11.8 Å². The van der Waals surface area contributed by atoms with E-state index in [2.05, 4.69) is 5.32 Å². The van der Waals surface area contributed by atoms with Gasteiger partial charge in [-0.15, -0.1) is 0 Å². The van der Waals surface area contributed by atoms with E-state index >= 15 is 0 Å². The summed E-state index contributed by atoms with van der Waals surface area (Å²) in [7, 11) is 0. The second-order valence-electron chi connectivity index (χ2n) is 8.05. The third kappa shape index (κ3) is 4.65. The summed E-state index contributed by atoms with van der Waals surface area (Å²) in [6, 6.07) is 18.4. The predicted octanol–water partition coefficient (Wildman–Crippen LogP) is 5.63. The molecular weight excluding hydrogens is 419 g/mol. The van der Waals surface area contributed by atoms with Crippen LogP contribution < -0.4 is 15.0 Å². The Morgan fingerprint density at radius 2 is 1.61 bits per heavy atom. The number of halogens is 1. The van der Waals surface area contributed by atoms with Gasteiger partial charge in [0.05, 0.1) is 17.9 Å². The fraction of sp³-hybridized carbons (Fsp3) is 0.185. The number of nitrogens with zero attached hydrogens (tertiary/aromatic N) is 1. The van der Waals surface area contributed by atoms with Crippen molar-refractivity contribution in [2.45, 2.75) is 27.2 Å². The van der Waals surface area contributed by atoms with Crippen LogP contribution in [-0.4, -0.2) is 18.4 Å². The molecule has 3 aromatic rings. The van der Waals surface area contributed by atoms with E-state index in [0.717, 1.165) is 17.5 Å². The molecule has 0 fully saturated rings. The van der Waals surface area contributed by atoms with Crippen LogP contribution in [0, 0.1) is 19.7 Å². The zero-order valence-electron chi connectivity index (χ0n) is 18.8. The number of aryl methyl sites for hydroxylation is 2. The molecule has 0 bridgehead atoms. The largest absolute Gasteiger partial charge is 0.494 e. The summed E-state index contributed by atoms with van der Waals surface area (Å²) in [6.07, 6.45) is 0.881. The van der Waals surface area contributed by atoms with Crippen LogP contribution in [0.5, 0.6) is 5.75 Å². The highest BCUT2D eigenvalue weighted by Gasteiger charge is 2.40. The molecule has 0 saturated heterocycles. The number of hydrogen-bond acceptors (Lipinski definition) is 4. The maximum Gasteiger partial charge on any atom is 0.282 e. The molecular formula is C27H25FN2O3. The molecule has 0 atom stereocenters. The lowest BCUT2D eigenvalue weighted by molar-refractivity contribution is -0.120. The van der Waals surface area contributed by atoms with Gasteiger partial charge >= 0.3 is 0 Å². The standard InChI is InChI=1S/C27H25FN2O3/c1-4-12-33-23-10-8-19(9-11-23)24-25(29-21-7-5-6-20(28)16-21)27(32)30(26(24)31)22-14-17(2)13-18(3)15-22/h5-11,13-16,29H,4,12H2,1-3H3. The summed E-state index contributed by atoms with van der Waals surface area (Å²) < 4.78 is 19.4. The van der Waals surface area contributed by atoms with E-state index in [0.29, 0.717) is 29.3 Å². The number of benzene rings is 3. The van der Waals surface area contributed by atoms with E-state index in [-0.39, 0.29) is 11.3 Å². The highest BCUT2D eigenvalue weighted by atomic mass is 19.1. The van der Waals surface area contributed by atoms with Crippen molar-refractivity contribution < 1.29 is 18.7 Å². The molecule has 1 N–H and O–H groups in total. The van der Waals surface area contributed by atoms with Crippen molar-refractivity contribution in [1.82, 2.24) is 0 Å². The molecule has 0 spiro atoms. The van der Waals surface area contributed by atoms with E-state index in [4.69, 9.17) is 4.74 Å². The minimum atomic E-state index is -0.490. The van der Waals surface area contributed by atoms with Crippen molar-refractivity contribution in [3.63, 3.8) is 0 Å². The second-order valence-corrected chi connectivity index (χ2v) is 8.05. The molecule has 4 rings (SSSR count). The molecule has 1 aliphatic heterocycles. The molecule has 0 saturated carbocycles. The Bertz CT molecular complexity index is 1230. The molecule has 6 heteroatoms. The maximum atomic E-state index is 13.8. The van der Waals surface area contributed by atoms with Gasteiger partial charge < -0.3 is 10.1 Å². The average molecular weight is 445 g/mol. The summed E-state index contributed by atoms with van der Waals surface area (Å²) in [4.78, 5) is 28.2. The normalized spacial score (nSPS) is 13.6. The fourth-order valence-corrected chi connectivity index (χ4v) is 3.88. The lowest BCUT2D eigenvalue weighted by Gasteiger charge is -2.17. The van der Waals surface area contributed by atoms with Crippen molar-refractivity contribution in [1.29, 1.82) is 0 Å². The van der Waals surface area contributed by atoms with Crippen molar-refractivity contribution in [2.24, 2.45) is 0 Å². The Balaban J connectivity index is 1.78. The van der Waals surface area contributed by atoms with Crippen molar-refractivity contribution >= 4 is 28.8 Å². The molecule has 0 aliphatic carbocycles. The van der Waals surface area contributed by atoms with Gasteiger partial charge in [-0.05, 0) is 79.4 Å². The maximum absolute atomic E-state index is 13.8. The van der Waals surface area contributed by atoms with Gasteiger partial charge in [-0.1, -0.05) is 31.2 Å². The van der Waals surface area contributed by atoms with Crippen LogP contribution in [0.2, 0.25) is 0 Å². The van der Waals surface area contributed by atoms with Crippen molar-refractivity contribution in [3.8, 4) is 5.75 Å². The molecule has 0 unspecified atom stereocenters. The SMILES string of the molecule is CCCOc1ccc(C2=C(Nc3cccc(F)c3)C(=O)N(c3cc(C)cc(C)c3)C2=O)cc1. The minimum absolute atomic E-state index is 0.104. The first-order valence-electron chi connectivity index (χ1n) is 10.8. The number of nitrogens with one attached hydrogen (secondary N) is 1. The summed E-state index contributed by atoms with van der Waals surface area (Å²) >= 11 is 0. The Morgan fingerprint density at radius 3 is 2.24 bits per heavy atom. The number of carbonyl (C=O) groups excluding carboxylic acids is 2. The highest BCUT2D eigenvalue weighted by molar-refractivity contribution is 6.46. The lowest BCUT2D eigenvalue weighted by atomic mass is 10.0. The molecule has 0 aromatic heterocycles. The van der Waals surface area contributed by atoms with E-state index in [1.165, 1.54) is 17.0 Å². The highest BCUT2D eigenvalue weighted by Crippen LogP contribution is 2.35. The molecule has 0 radical (unpaired) electrons. The van der Waals surface area contributed by atoms with Crippen LogP contribution in [0.3, 0.4) is 0 Å². The van der Waals surface area contributed by atoms with Gasteiger partial charge in [-0.2, -0.15) is 0 Å². The van der Waals surface area contributed by atoms with Crippen molar-refractivity contribution in [3.05, 3.63) is 94.9 Å². The number of hydrogen-bond donors (Lipinski definition) is 1. The molecule has 1 heterocycles. The number of carbonyl (C=O) groups is 2. The van der Waals surface area contributed by atoms with Gasteiger partial charge in [0.1, 0.15) is 17.3 Å². The number of imide groups is 1. The van der Waals surface area contributed by atoms with Gasteiger partial charge in [-0.25, -0.2) is 9.29 Å². The first-order valence-corrected chi connectivity index (χ1v) is 10.8. The molecule has 3 aromatic carbocycles. The van der Waals surface area contributed by atoms with E-state index in [1.54, 1.807) is 48.5 Å². The van der Waals surface area contributed by atoms with Crippen LogP contribution in [0.15, 0.2) is 72.4 Å². The Hall–Kier alpha value is -3.93. The van der Waals surface area contributed by atoms with Crippen molar-refractivity contribution in [2.75, 3.05) is 16.8 Å². The monoisotopic (exact) mass is 444 g/mol. The topological polar surface area (TPSA) is 58.6 Å². The van der Waals surface area contributed by atoms with E-state index < -0.39 is 17.6 Å². The quantitative estimate of drug-likeness (QED) is 0.480. The molecule has 33 heavy (non-hydrogen) atoms. The van der Waals surface area contributed by atoms with Gasteiger partial charge in [0.2, 0.25) is 0 Å². The van der Waals surface area contributed by atoms with E-state index in [9.17, 15) is 14.0 Å². The smallest absolute Gasteiger partial charge is 0.282 e. The molecule has 1 aliphatic rings. The minimum Gasteiger partial charge on any atom is -0.494 e. The Kier molecular flexibility index (Phi) is 6.27. The van der Waals surface area contributed by atoms with Gasteiger partial charge in [0, 0.05) is 5.69 Å². The summed E-state index contributed by atoms with van der Waals surface area (Å²) in [5.74, 6) is -0.687. The second kappa shape index (κ2) is 9.28. The van der Waals surface area contributed by atoms with Crippen LogP contribution in [0.25, 0.3) is 5.57 Å². The molecule has 2 amide bonds. The van der Waals surface area contributed by atoms with Crippen LogP contribution in [0.1, 0.15) is 30.0 Å². The van der Waals surface area contributed by atoms with Gasteiger partial charge in [-0.3, -0.25) is 9.59 Å². The number of rotatable bonds is 7. The molecule has 168 valence electrons. The lowest BCUT2D eigenvalue weighted by Crippen LogP contribution is -2.32. The molecule has 5 nitrogen and oxygen atoms in total. The number of ether oxygens (including phenoxy) is 1. The van der Waals surface area contributed by atoms with Crippen LogP contribution in [-0.2, 0) is 9.59 Å². The Morgan fingerprint density at radius 1 is 0.909 bits per heavy atom. The first kappa shape index (κ1) is 22.3. The zero-order valence-corrected chi connectivity index (χ0v) is 18.8. The fourth-order valence-electron chi connectivity index (χ4n) is 3.88. The summed E-state index contributed by atoms with van der Waals surface area (Å²) in [5.41, 5.74) is 3.67. The van der Waals surface area contributed by atoms with Crippen LogP contribution >= 0.6 is 0 Å². The van der Waals surface area contributed by atoms with Crippen LogP contribution in [0.4, 0.5) is 15.8 Å². The van der Waals surface area contributed by atoms with Gasteiger partial charge in [0.15, 0.2) is 0 Å². The third-order valence-corrected chi connectivity index (χ3v) is 5.26.